The summed E-state index contributed by atoms with van der Waals surface area (Å²) in [5, 5.41) is 12.7. The number of hydrogen-bond acceptors (Lipinski definition) is 4. The van der Waals surface area contributed by atoms with Crippen LogP contribution in [0, 0.1) is 5.92 Å². The van der Waals surface area contributed by atoms with Crippen molar-refractivity contribution in [2.75, 3.05) is 20.3 Å². The summed E-state index contributed by atoms with van der Waals surface area (Å²) in [4.78, 5) is 12.0. The van der Waals surface area contributed by atoms with Crippen LogP contribution < -0.4 is 10.1 Å². The van der Waals surface area contributed by atoms with E-state index in [2.05, 4.69) is 5.32 Å². The molecule has 1 atom stereocenters. The largest absolute Gasteiger partial charge is 0.497 e. The van der Waals surface area contributed by atoms with Crippen LogP contribution >= 0.6 is 0 Å². The molecule has 1 aliphatic rings. The summed E-state index contributed by atoms with van der Waals surface area (Å²) in [6, 6.07) is 7.60. The maximum absolute atomic E-state index is 12.0. The molecular formula is C18H27NO4. The second kappa shape index (κ2) is 9.53. The van der Waals surface area contributed by atoms with Gasteiger partial charge < -0.3 is 19.9 Å². The lowest BCUT2D eigenvalue weighted by molar-refractivity contribution is -0.126. The summed E-state index contributed by atoms with van der Waals surface area (Å²) in [5.74, 6) is 0.995. The van der Waals surface area contributed by atoms with Crippen molar-refractivity contribution in [3.63, 3.8) is 0 Å². The minimum Gasteiger partial charge on any atom is -0.497 e. The van der Waals surface area contributed by atoms with Crippen LogP contribution in [0.1, 0.15) is 37.7 Å². The van der Waals surface area contributed by atoms with Gasteiger partial charge in [0, 0.05) is 12.5 Å². The Bertz CT molecular complexity index is 468. The van der Waals surface area contributed by atoms with Crippen LogP contribution in [0.5, 0.6) is 5.75 Å². The molecule has 0 saturated heterocycles. The summed E-state index contributed by atoms with van der Waals surface area (Å²) in [7, 11) is 1.63. The number of hydrogen-bond donors (Lipinski definition) is 2. The average Bonchev–Trinajstić information content (AvgIpc) is 2.61. The Labute approximate surface area is 138 Å². The molecular weight excluding hydrogens is 294 g/mol. The number of aliphatic hydroxyl groups is 1. The van der Waals surface area contributed by atoms with Gasteiger partial charge in [0.05, 0.1) is 26.4 Å². The predicted octanol–water partition coefficient (Wildman–Crippen LogP) is 2.27. The third kappa shape index (κ3) is 6.20. The lowest BCUT2D eigenvalue weighted by Gasteiger charge is -2.21. The number of methoxy groups -OCH3 is 1. The predicted molar refractivity (Wildman–Crippen MR) is 88.2 cm³/mol. The lowest BCUT2D eigenvalue weighted by Crippen LogP contribution is -2.38. The van der Waals surface area contributed by atoms with Gasteiger partial charge >= 0.3 is 0 Å². The quantitative estimate of drug-likeness (QED) is 0.771. The van der Waals surface area contributed by atoms with Gasteiger partial charge in [-0.05, 0) is 30.5 Å². The average molecular weight is 321 g/mol. The van der Waals surface area contributed by atoms with E-state index in [1.54, 1.807) is 7.11 Å². The van der Waals surface area contributed by atoms with Gasteiger partial charge in [-0.3, -0.25) is 4.79 Å². The maximum Gasteiger partial charge on any atom is 0.223 e. The maximum atomic E-state index is 12.0. The Balaban J connectivity index is 1.60. The molecule has 0 unspecified atom stereocenters. The van der Waals surface area contributed by atoms with Gasteiger partial charge in [-0.25, -0.2) is 0 Å². The molecule has 5 heteroatoms. The zero-order valence-corrected chi connectivity index (χ0v) is 13.8. The highest BCUT2D eigenvalue weighted by Gasteiger charge is 2.21. The van der Waals surface area contributed by atoms with E-state index >= 15 is 0 Å². The molecule has 0 spiro atoms. The standard InChI is InChI=1S/C18H27NO4/c1-22-17-9-7-14(8-10-17)12-23-13-16(20)11-19-18(21)15-5-3-2-4-6-15/h7-10,15-16,20H,2-6,11-13H2,1H3,(H,19,21)/t16-/m1/s1. The zero-order valence-electron chi connectivity index (χ0n) is 13.8. The summed E-state index contributed by atoms with van der Waals surface area (Å²) >= 11 is 0. The van der Waals surface area contributed by atoms with Gasteiger partial charge in [0.25, 0.3) is 0 Å². The van der Waals surface area contributed by atoms with Crippen molar-refractivity contribution in [3.8, 4) is 5.75 Å². The summed E-state index contributed by atoms with van der Waals surface area (Å²) in [6.07, 6.45) is 4.75. The van der Waals surface area contributed by atoms with Crippen molar-refractivity contribution in [2.24, 2.45) is 5.92 Å². The van der Waals surface area contributed by atoms with Crippen LogP contribution in [-0.2, 0) is 16.1 Å². The molecule has 0 aliphatic heterocycles. The first-order chi connectivity index (χ1) is 11.2. The third-order valence-corrected chi connectivity index (χ3v) is 4.23. The molecule has 0 radical (unpaired) electrons. The highest BCUT2D eigenvalue weighted by Crippen LogP contribution is 2.23. The number of ether oxygens (including phenoxy) is 2. The molecule has 5 nitrogen and oxygen atoms in total. The fourth-order valence-corrected chi connectivity index (χ4v) is 2.82. The minimum atomic E-state index is -0.680. The van der Waals surface area contributed by atoms with E-state index in [1.807, 2.05) is 24.3 Å². The molecule has 23 heavy (non-hydrogen) atoms. The molecule has 0 bridgehead atoms. The number of nitrogens with one attached hydrogen (secondary N) is 1. The SMILES string of the molecule is COc1ccc(COC[C@H](O)CNC(=O)C2CCCCC2)cc1. The molecule has 1 aromatic rings. The highest BCUT2D eigenvalue weighted by molar-refractivity contribution is 5.78. The van der Waals surface area contributed by atoms with Gasteiger partial charge in [0.2, 0.25) is 5.91 Å². The number of benzene rings is 1. The molecule has 1 amide bonds. The van der Waals surface area contributed by atoms with Crippen molar-refractivity contribution < 1.29 is 19.4 Å². The normalized spacial score (nSPS) is 16.8. The molecule has 128 valence electrons. The second-order valence-electron chi connectivity index (χ2n) is 6.10. The van der Waals surface area contributed by atoms with Crippen LogP contribution in [0.4, 0.5) is 0 Å². The second-order valence-corrected chi connectivity index (χ2v) is 6.10. The van der Waals surface area contributed by atoms with Crippen LogP contribution in [0.2, 0.25) is 0 Å². The monoisotopic (exact) mass is 321 g/mol. The van der Waals surface area contributed by atoms with E-state index in [4.69, 9.17) is 9.47 Å². The van der Waals surface area contributed by atoms with E-state index in [0.29, 0.717) is 6.61 Å². The fourth-order valence-electron chi connectivity index (χ4n) is 2.82. The highest BCUT2D eigenvalue weighted by atomic mass is 16.5. The van der Waals surface area contributed by atoms with Gasteiger partial charge in [-0.15, -0.1) is 0 Å². The van der Waals surface area contributed by atoms with Crippen molar-refractivity contribution in [2.45, 2.75) is 44.8 Å². The topological polar surface area (TPSA) is 67.8 Å². The fraction of sp³-hybridized carbons (Fsp3) is 0.611. The van der Waals surface area contributed by atoms with Crippen molar-refractivity contribution in [1.29, 1.82) is 0 Å². The molecule has 2 N–H and O–H groups in total. The van der Waals surface area contributed by atoms with Gasteiger partial charge in [-0.2, -0.15) is 0 Å². The Morgan fingerprint density at radius 3 is 2.61 bits per heavy atom. The van der Waals surface area contributed by atoms with Crippen molar-refractivity contribution in [1.82, 2.24) is 5.32 Å². The molecule has 1 fully saturated rings. The number of carbonyl (C=O) groups excluding carboxylic acids is 1. The molecule has 0 heterocycles. The first-order valence-corrected chi connectivity index (χ1v) is 8.35. The smallest absolute Gasteiger partial charge is 0.223 e. The first-order valence-electron chi connectivity index (χ1n) is 8.35. The molecule has 0 aromatic heterocycles. The van der Waals surface area contributed by atoms with Crippen LogP contribution in [0.15, 0.2) is 24.3 Å². The van der Waals surface area contributed by atoms with Crippen LogP contribution in [0.3, 0.4) is 0 Å². The minimum absolute atomic E-state index is 0.0684. The number of amides is 1. The number of rotatable bonds is 8. The van der Waals surface area contributed by atoms with Crippen molar-refractivity contribution >= 4 is 5.91 Å². The van der Waals surface area contributed by atoms with Gasteiger partial charge in [0.15, 0.2) is 0 Å². The van der Waals surface area contributed by atoms with E-state index in [9.17, 15) is 9.90 Å². The summed E-state index contributed by atoms with van der Waals surface area (Å²) < 4.78 is 10.6. The Morgan fingerprint density at radius 2 is 1.96 bits per heavy atom. The lowest BCUT2D eigenvalue weighted by atomic mass is 9.89. The Hall–Kier alpha value is -1.59. The molecule has 1 saturated carbocycles. The summed E-state index contributed by atoms with van der Waals surface area (Å²) in [5.41, 5.74) is 1.02. The first kappa shape index (κ1) is 17.8. The molecule has 1 aliphatic carbocycles. The molecule has 1 aromatic carbocycles. The van der Waals surface area contributed by atoms with E-state index < -0.39 is 6.10 Å². The van der Waals surface area contributed by atoms with Crippen LogP contribution in [0.25, 0.3) is 0 Å². The Kier molecular flexibility index (Phi) is 7.36. The van der Waals surface area contributed by atoms with Crippen molar-refractivity contribution in [3.05, 3.63) is 29.8 Å². The third-order valence-electron chi connectivity index (χ3n) is 4.23. The number of aliphatic hydroxyl groups excluding tert-OH is 1. The van der Waals surface area contributed by atoms with Crippen LogP contribution in [-0.4, -0.2) is 37.4 Å². The number of carbonyl (C=O) groups is 1. The van der Waals surface area contributed by atoms with E-state index in [-0.39, 0.29) is 25.0 Å². The molecule has 2 rings (SSSR count). The van der Waals surface area contributed by atoms with Gasteiger partial charge in [-0.1, -0.05) is 31.4 Å². The zero-order chi connectivity index (χ0) is 16.5. The van der Waals surface area contributed by atoms with E-state index in [1.165, 1.54) is 6.42 Å². The Morgan fingerprint density at radius 1 is 1.26 bits per heavy atom. The summed E-state index contributed by atoms with van der Waals surface area (Å²) in [6.45, 7) is 0.881. The van der Waals surface area contributed by atoms with Gasteiger partial charge in [0.1, 0.15) is 5.75 Å². The van der Waals surface area contributed by atoms with E-state index in [0.717, 1.165) is 37.0 Å².